The van der Waals surface area contributed by atoms with Crippen LogP contribution in [0.3, 0.4) is 0 Å². The summed E-state index contributed by atoms with van der Waals surface area (Å²) in [7, 11) is 0. The highest BCUT2D eigenvalue weighted by atomic mass is 35.5. The van der Waals surface area contributed by atoms with E-state index in [0.29, 0.717) is 11.6 Å². The molecule has 1 fully saturated rings. The molecular formula is C26H29ClN2O2. The number of ether oxygens (including phenoxy) is 1. The van der Waals surface area contributed by atoms with Crippen LogP contribution in [-0.2, 0) is 0 Å². The molecule has 0 aliphatic carbocycles. The first kappa shape index (κ1) is 21.8. The van der Waals surface area contributed by atoms with Gasteiger partial charge >= 0.3 is 0 Å². The van der Waals surface area contributed by atoms with Crippen LogP contribution in [0.2, 0.25) is 5.02 Å². The first-order valence-corrected chi connectivity index (χ1v) is 11.2. The Morgan fingerprint density at radius 3 is 1.87 bits per heavy atom. The smallest absolute Gasteiger partial charge is 0.119 e. The first-order valence-electron chi connectivity index (χ1n) is 10.8. The van der Waals surface area contributed by atoms with Gasteiger partial charge in [-0.25, -0.2) is 0 Å². The number of halogens is 1. The van der Waals surface area contributed by atoms with Gasteiger partial charge in [-0.3, -0.25) is 9.80 Å². The predicted octanol–water partition coefficient (Wildman–Crippen LogP) is 4.49. The maximum absolute atomic E-state index is 10.4. The van der Waals surface area contributed by atoms with Gasteiger partial charge in [0.2, 0.25) is 0 Å². The third-order valence-corrected chi connectivity index (χ3v) is 5.98. The third kappa shape index (κ3) is 6.08. The zero-order chi connectivity index (χ0) is 21.5. The van der Waals surface area contributed by atoms with E-state index < -0.39 is 6.10 Å². The summed E-state index contributed by atoms with van der Waals surface area (Å²) in [6.45, 7) is 4.65. The number of nitrogens with zero attached hydrogens (tertiary/aromatic N) is 2. The number of β-amino-alcohol motifs (C(OH)–C–C–N with tert-alkyl or cyclic N) is 1. The molecule has 0 aromatic heterocycles. The maximum atomic E-state index is 10.4. The molecule has 1 aliphatic rings. The molecule has 0 spiro atoms. The van der Waals surface area contributed by atoms with Gasteiger partial charge < -0.3 is 9.84 Å². The fourth-order valence-corrected chi connectivity index (χ4v) is 4.29. The van der Waals surface area contributed by atoms with Crippen molar-refractivity contribution in [3.8, 4) is 5.75 Å². The topological polar surface area (TPSA) is 35.9 Å². The summed E-state index contributed by atoms with van der Waals surface area (Å²) in [6.07, 6.45) is -0.527. The van der Waals surface area contributed by atoms with Gasteiger partial charge in [-0.2, -0.15) is 0 Å². The summed E-state index contributed by atoms with van der Waals surface area (Å²) in [4.78, 5) is 4.86. The van der Waals surface area contributed by atoms with E-state index in [1.807, 2.05) is 12.1 Å². The average Bonchev–Trinajstić information content (AvgIpc) is 2.81. The number of benzene rings is 3. The van der Waals surface area contributed by atoms with E-state index in [2.05, 4.69) is 70.5 Å². The standard InChI is InChI=1S/C26H29ClN2O2/c27-23-11-13-25(14-12-23)31-20-24(30)19-28-15-17-29(18-16-28)26(21-7-3-1-4-8-21)22-9-5-2-6-10-22/h1-14,24,26,30H,15-20H2/t24-/m0/s1. The van der Waals surface area contributed by atoms with Crippen LogP contribution in [0.4, 0.5) is 0 Å². The minimum Gasteiger partial charge on any atom is -0.491 e. The van der Waals surface area contributed by atoms with E-state index >= 15 is 0 Å². The van der Waals surface area contributed by atoms with Crippen LogP contribution >= 0.6 is 11.6 Å². The molecular weight excluding hydrogens is 408 g/mol. The van der Waals surface area contributed by atoms with E-state index in [1.165, 1.54) is 11.1 Å². The molecule has 0 amide bonds. The Kier molecular flexibility index (Phi) is 7.60. The van der Waals surface area contributed by atoms with Crippen LogP contribution in [0.1, 0.15) is 17.2 Å². The van der Waals surface area contributed by atoms with Crippen molar-refractivity contribution in [1.29, 1.82) is 0 Å². The molecule has 4 rings (SSSR count). The number of aliphatic hydroxyl groups is 1. The van der Waals surface area contributed by atoms with Gasteiger partial charge in [0.1, 0.15) is 18.5 Å². The SMILES string of the molecule is O[C@H](COc1ccc(Cl)cc1)CN1CCN(C(c2ccccc2)c2ccccc2)CC1. The van der Waals surface area contributed by atoms with Crippen molar-refractivity contribution in [2.24, 2.45) is 0 Å². The van der Waals surface area contributed by atoms with Crippen molar-refractivity contribution in [2.45, 2.75) is 12.1 Å². The zero-order valence-corrected chi connectivity index (χ0v) is 18.4. The van der Waals surface area contributed by atoms with Crippen LogP contribution in [0.25, 0.3) is 0 Å². The second kappa shape index (κ2) is 10.8. The molecule has 0 unspecified atom stereocenters. The predicted molar refractivity (Wildman–Crippen MR) is 126 cm³/mol. The highest BCUT2D eigenvalue weighted by Gasteiger charge is 2.27. The lowest BCUT2D eigenvalue weighted by molar-refractivity contribution is 0.0401. The average molecular weight is 437 g/mol. The molecule has 1 N–H and O–H groups in total. The fraction of sp³-hybridized carbons (Fsp3) is 0.308. The van der Waals surface area contributed by atoms with Gasteiger partial charge in [0.15, 0.2) is 0 Å². The zero-order valence-electron chi connectivity index (χ0n) is 17.6. The number of rotatable bonds is 8. The van der Waals surface area contributed by atoms with Crippen molar-refractivity contribution in [3.63, 3.8) is 0 Å². The van der Waals surface area contributed by atoms with Crippen LogP contribution < -0.4 is 4.74 Å². The fourth-order valence-electron chi connectivity index (χ4n) is 4.16. The summed E-state index contributed by atoms with van der Waals surface area (Å²) in [6, 6.07) is 28.9. The van der Waals surface area contributed by atoms with E-state index in [-0.39, 0.29) is 12.6 Å². The maximum Gasteiger partial charge on any atom is 0.119 e. The van der Waals surface area contributed by atoms with Gasteiger partial charge in [-0.05, 0) is 35.4 Å². The van der Waals surface area contributed by atoms with E-state index in [0.717, 1.165) is 31.9 Å². The Labute approximate surface area is 189 Å². The van der Waals surface area contributed by atoms with Gasteiger partial charge in [0, 0.05) is 37.7 Å². The van der Waals surface area contributed by atoms with Gasteiger partial charge in [0.05, 0.1) is 6.04 Å². The van der Waals surface area contributed by atoms with Crippen molar-refractivity contribution in [2.75, 3.05) is 39.3 Å². The highest BCUT2D eigenvalue weighted by Crippen LogP contribution is 2.29. The van der Waals surface area contributed by atoms with Crippen LogP contribution in [-0.4, -0.2) is 60.3 Å². The quantitative estimate of drug-likeness (QED) is 0.564. The molecule has 3 aromatic rings. The van der Waals surface area contributed by atoms with Crippen molar-refractivity contribution in [3.05, 3.63) is 101 Å². The second-order valence-electron chi connectivity index (χ2n) is 7.98. The molecule has 0 radical (unpaired) electrons. The van der Waals surface area contributed by atoms with Crippen LogP contribution in [0, 0.1) is 0 Å². The van der Waals surface area contributed by atoms with Gasteiger partial charge in [-0.15, -0.1) is 0 Å². The number of aliphatic hydroxyl groups excluding tert-OH is 1. The monoisotopic (exact) mass is 436 g/mol. The van der Waals surface area contributed by atoms with Crippen molar-refractivity contribution >= 4 is 11.6 Å². The van der Waals surface area contributed by atoms with E-state index in [1.54, 1.807) is 12.1 Å². The highest BCUT2D eigenvalue weighted by molar-refractivity contribution is 6.30. The summed E-state index contributed by atoms with van der Waals surface area (Å²) < 4.78 is 5.69. The first-order chi connectivity index (χ1) is 15.2. The molecule has 3 aromatic carbocycles. The Bertz CT molecular complexity index is 874. The molecule has 31 heavy (non-hydrogen) atoms. The van der Waals surface area contributed by atoms with Crippen LogP contribution in [0.15, 0.2) is 84.9 Å². The van der Waals surface area contributed by atoms with E-state index in [9.17, 15) is 5.11 Å². The lowest BCUT2D eigenvalue weighted by atomic mass is 9.96. The lowest BCUT2D eigenvalue weighted by Crippen LogP contribution is -2.50. The van der Waals surface area contributed by atoms with Crippen LogP contribution in [0.5, 0.6) is 5.75 Å². The molecule has 1 heterocycles. The molecule has 162 valence electrons. The minimum atomic E-state index is -0.527. The van der Waals surface area contributed by atoms with Gasteiger partial charge in [0.25, 0.3) is 0 Å². The summed E-state index contributed by atoms with van der Waals surface area (Å²) >= 11 is 5.90. The molecule has 0 bridgehead atoms. The van der Waals surface area contributed by atoms with Crippen molar-refractivity contribution in [1.82, 2.24) is 9.80 Å². The van der Waals surface area contributed by atoms with Crippen molar-refractivity contribution < 1.29 is 9.84 Å². The molecule has 1 aliphatic heterocycles. The Hall–Kier alpha value is -2.37. The minimum absolute atomic E-state index is 0.253. The normalized spacial score (nSPS) is 16.4. The largest absolute Gasteiger partial charge is 0.491 e. The summed E-state index contributed by atoms with van der Waals surface area (Å²) in [5.41, 5.74) is 2.64. The molecule has 1 saturated heterocycles. The Morgan fingerprint density at radius 2 is 1.32 bits per heavy atom. The Balaban J connectivity index is 1.32. The van der Waals surface area contributed by atoms with Gasteiger partial charge in [-0.1, -0.05) is 72.3 Å². The molecule has 0 saturated carbocycles. The summed E-state index contributed by atoms with van der Waals surface area (Å²) in [5.74, 6) is 0.724. The molecule has 5 heteroatoms. The lowest BCUT2D eigenvalue weighted by Gasteiger charge is -2.40. The molecule has 4 nitrogen and oxygen atoms in total. The third-order valence-electron chi connectivity index (χ3n) is 5.73. The second-order valence-corrected chi connectivity index (χ2v) is 8.42. The number of piperazine rings is 1. The number of hydrogen-bond acceptors (Lipinski definition) is 4. The summed E-state index contributed by atoms with van der Waals surface area (Å²) in [5, 5.41) is 11.1. The Morgan fingerprint density at radius 1 is 0.774 bits per heavy atom. The molecule has 1 atom stereocenters. The van der Waals surface area contributed by atoms with E-state index in [4.69, 9.17) is 16.3 Å². The number of hydrogen-bond donors (Lipinski definition) is 1.